The Morgan fingerprint density at radius 2 is 1.76 bits per heavy atom. The maximum Gasteiger partial charge on any atom is 0.416 e. The standard InChI is InChI=1S/C23H24F3N5.C8H9F.C2H6/c1-14(29-22(27-2)17-4-3-11-28-13-17)16-7-10-20-19(12-16)21(31-30-20)15-5-8-18(9-6-15)23(24,25)26;1-6-4-3-5-8(9)7(6)2;1-2/h5-10,12,17,28H,1,3-4,11,13H2,2H3,(H,27,29)(H,30,31);3-5H,1-2H3;1-2H3/t17-;;/m1../s1. The first-order chi connectivity index (χ1) is 20.1. The minimum atomic E-state index is -4.37. The largest absolute Gasteiger partial charge is 0.416 e. The van der Waals surface area contributed by atoms with Gasteiger partial charge in [-0.1, -0.05) is 50.8 Å². The summed E-state index contributed by atoms with van der Waals surface area (Å²) >= 11 is 0. The predicted octanol–water partition coefficient (Wildman–Crippen LogP) is 8.31. The van der Waals surface area contributed by atoms with Gasteiger partial charge in [-0.3, -0.25) is 10.1 Å². The number of alkyl halides is 3. The molecule has 1 aromatic heterocycles. The maximum absolute atomic E-state index is 12.9. The number of H-pyrrole nitrogens is 1. The van der Waals surface area contributed by atoms with E-state index in [1.165, 1.54) is 18.2 Å². The molecule has 224 valence electrons. The van der Waals surface area contributed by atoms with E-state index in [4.69, 9.17) is 0 Å². The van der Waals surface area contributed by atoms with Gasteiger partial charge in [0.05, 0.1) is 16.8 Å². The van der Waals surface area contributed by atoms with Crippen molar-refractivity contribution in [2.75, 3.05) is 20.1 Å². The number of rotatable bonds is 4. The molecule has 0 saturated carbocycles. The van der Waals surface area contributed by atoms with Crippen LogP contribution in [0.4, 0.5) is 17.6 Å². The van der Waals surface area contributed by atoms with Crippen molar-refractivity contribution in [1.29, 1.82) is 0 Å². The van der Waals surface area contributed by atoms with Crippen molar-refractivity contribution in [3.63, 3.8) is 0 Å². The van der Waals surface area contributed by atoms with Crippen LogP contribution in [-0.2, 0) is 6.18 Å². The molecule has 1 aliphatic rings. The molecule has 9 heteroatoms. The summed E-state index contributed by atoms with van der Waals surface area (Å²) in [6.07, 6.45) is -2.19. The molecule has 3 aromatic carbocycles. The van der Waals surface area contributed by atoms with E-state index in [-0.39, 0.29) is 5.82 Å². The Morgan fingerprint density at radius 1 is 1.05 bits per heavy atom. The zero-order valence-electron chi connectivity index (χ0n) is 24.8. The van der Waals surface area contributed by atoms with Gasteiger partial charge in [-0.25, -0.2) is 4.39 Å². The van der Waals surface area contributed by atoms with Gasteiger partial charge in [0.2, 0.25) is 0 Å². The Hall–Kier alpha value is -3.98. The summed E-state index contributed by atoms with van der Waals surface area (Å²) in [5, 5.41) is 14.8. The molecule has 0 bridgehead atoms. The third-order valence-electron chi connectivity index (χ3n) is 7.14. The Morgan fingerprint density at radius 3 is 2.33 bits per heavy atom. The van der Waals surface area contributed by atoms with Crippen molar-refractivity contribution in [2.45, 2.75) is 46.7 Å². The van der Waals surface area contributed by atoms with Crippen LogP contribution in [0.15, 0.2) is 72.2 Å². The molecule has 0 spiro atoms. The van der Waals surface area contributed by atoms with E-state index in [0.717, 1.165) is 71.5 Å². The maximum atomic E-state index is 12.9. The van der Waals surface area contributed by atoms with Gasteiger partial charge in [-0.2, -0.15) is 18.3 Å². The molecule has 1 aliphatic heterocycles. The van der Waals surface area contributed by atoms with Crippen LogP contribution >= 0.6 is 0 Å². The van der Waals surface area contributed by atoms with Crippen LogP contribution < -0.4 is 10.6 Å². The first-order valence-electron chi connectivity index (χ1n) is 14.1. The second-order valence-electron chi connectivity index (χ2n) is 9.85. The van der Waals surface area contributed by atoms with E-state index in [0.29, 0.717) is 22.9 Å². The Balaban J connectivity index is 0.000000373. The van der Waals surface area contributed by atoms with Crippen LogP contribution in [0.2, 0.25) is 0 Å². The van der Waals surface area contributed by atoms with Crippen molar-refractivity contribution in [1.82, 2.24) is 20.8 Å². The number of nitrogens with one attached hydrogen (secondary N) is 3. The van der Waals surface area contributed by atoms with Crippen molar-refractivity contribution in [2.24, 2.45) is 10.9 Å². The Kier molecular flexibility index (Phi) is 11.4. The fourth-order valence-corrected chi connectivity index (χ4v) is 4.61. The summed E-state index contributed by atoms with van der Waals surface area (Å²) in [6.45, 7) is 13.8. The highest BCUT2D eigenvalue weighted by Crippen LogP contribution is 2.33. The lowest BCUT2D eigenvalue weighted by Crippen LogP contribution is -2.40. The molecule has 0 radical (unpaired) electrons. The van der Waals surface area contributed by atoms with E-state index in [1.54, 1.807) is 20.0 Å². The van der Waals surface area contributed by atoms with Crippen LogP contribution in [0.1, 0.15) is 48.9 Å². The number of halogens is 4. The fraction of sp³-hybridized carbons (Fsp3) is 0.333. The first kappa shape index (κ1) is 32.5. The summed E-state index contributed by atoms with van der Waals surface area (Å²) in [6, 6.07) is 15.9. The number of nitrogens with zero attached hydrogens (tertiary/aromatic N) is 2. The lowest BCUT2D eigenvalue weighted by Gasteiger charge is -2.25. The van der Waals surface area contributed by atoms with Crippen molar-refractivity contribution in [3.05, 3.63) is 95.3 Å². The van der Waals surface area contributed by atoms with Crippen LogP contribution in [0.25, 0.3) is 27.9 Å². The zero-order valence-corrected chi connectivity index (χ0v) is 24.8. The molecular weight excluding hydrogens is 542 g/mol. The molecule has 42 heavy (non-hydrogen) atoms. The number of aryl methyl sites for hydroxylation is 1. The summed E-state index contributed by atoms with van der Waals surface area (Å²) < 4.78 is 51.2. The molecule has 2 heterocycles. The van der Waals surface area contributed by atoms with Crippen LogP contribution in [0.5, 0.6) is 0 Å². The number of aliphatic imine (C=N–C) groups is 1. The molecule has 1 atom stereocenters. The highest BCUT2D eigenvalue weighted by atomic mass is 19.4. The topological polar surface area (TPSA) is 65.1 Å². The molecule has 0 unspecified atom stereocenters. The average Bonchev–Trinajstić information content (AvgIpc) is 3.43. The van der Waals surface area contributed by atoms with E-state index in [2.05, 4.69) is 32.4 Å². The number of benzene rings is 3. The van der Waals surface area contributed by atoms with Gasteiger partial charge in [0.1, 0.15) is 11.7 Å². The summed E-state index contributed by atoms with van der Waals surface area (Å²) in [7, 11) is 1.77. The minimum absolute atomic E-state index is 0.116. The van der Waals surface area contributed by atoms with Gasteiger partial charge in [0.15, 0.2) is 0 Å². The van der Waals surface area contributed by atoms with E-state index in [9.17, 15) is 17.6 Å². The SMILES string of the molecule is C=C(NC(=NC)[C@@H]1CCCNC1)c1ccc2[nH]nc(-c3ccc(C(F)(F)F)cc3)c2c1.CC.Cc1cccc(F)c1C. The van der Waals surface area contributed by atoms with Gasteiger partial charge in [-0.15, -0.1) is 0 Å². The highest BCUT2D eigenvalue weighted by Gasteiger charge is 2.30. The molecule has 0 amide bonds. The first-order valence-corrected chi connectivity index (χ1v) is 14.1. The van der Waals surface area contributed by atoms with Crippen molar-refractivity contribution < 1.29 is 17.6 Å². The number of aromatic amines is 1. The van der Waals surface area contributed by atoms with Crippen molar-refractivity contribution >= 4 is 22.4 Å². The number of fused-ring (bicyclic) bond motifs is 1. The molecule has 5 nitrogen and oxygen atoms in total. The molecule has 3 N–H and O–H groups in total. The molecule has 0 aliphatic carbocycles. The summed E-state index contributed by atoms with van der Waals surface area (Å²) in [4.78, 5) is 4.42. The quantitative estimate of drug-likeness (QED) is 0.129. The summed E-state index contributed by atoms with van der Waals surface area (Å²) in [5.41, 5.74) is 4.66. The molecular formula is C33H39F4N5. The Bertz CT molecular complexity index is 1480. The van der Waals surface area contributed by atoms with E-state index >= 15 is 0 Å². The molecule has 5 rings (SSSR count). The lowest BCUT2D eigenvalue weighted by atomic mass is 9.97. The zero-order chi connectivity index (χ0) is 30.9. The molecule has 1 saturated heterocycles. The number of aromatic nitrogens is 2. The normalized spacial score (nSPS) is 15.3. The van der Waals surface area contributed by atoms with Crippen LogP contribution in [0, 0.1) is 25.6 Å². The van der Waals surface area contributed by atoms with Gasteiger partial charge in [-0.05, 0) is 80.3 Å². The number of hydrogen-bond acceptors (Lipinski definition) is 3. The van der Waals surface area contributed by atoms with Crippen LogP contribution in [-0.4, -0.2) is 36.2 Å². The number of hydrogen-bond donors (Lipinski definition) is 3. The smallest absolute Gasteiger partial charge is 0.344 e. The van der Waals surface area contributed by atoms with Crippen molar-refractivity contribution in [3.8, 4) is 11.3 Å². The van der Waals surface area contributed by atoms with Crippen LogP contribution in [0.3, 0.4) is 0 Å². The molecule has 1 fully saturated rings. The van der Waals surface area contributed by atoms with Gasteiger partial charge in [0, 0.05) is 36.2 Å². The highest BCUT2D eigenvalue weighted by molar-refractivity contribution is 5.97. The number of amidine groups is 1. The predicted molar refractivity (Wildman–Crippen MR) is 165 cm³/mol. The molecule has 4 aromatic rings. The minimum Gasteiger partial charge on any atom is -0.344 e. The third kappa shape index (κ3) is 8.06. The second kappa shape index (κ2) is 14.8. The average molecular weight is 582 g/mol. The van der Waals surface area contributed by atoms with Gasteiger partial charge in [0.25, 0.3) is 0 Å². The summed E-state index contributed by atoms with van der Waals surface area (Å²) in [5.74, 6) is 1.10. The lowest BCUT2D eigenvalue weighted by molar-refractivity contribution is -0.137. The van der Waals surface area contributed by atoms with Gasteiger partial charge < -0.3 is 10.6 Å². The number of piperidine rings is 1. The van der Waals surface area contributed by atoms with E-state index < -0.39 is 11.7 Å². The Labute approximate surface area is 245 Å². The third-order valence-corrected chi connectivity index (χ3v) is 7.14. The van der Waals surface area contributed by atoms with Gasteiger partial charge >= 0.3 is 6.18 Å². The second-order valence-corrected chi connectivity index (χ2v) is 9.85. The monoisotopic (exact) mass is 581 g/mol. The fourth-order valence-electron chi connectivity index (χ4n) is 4.61. The van der Waals surface area contributed by atoms with E-state index in [1.807, 2.05) is 45.0 Å².